The van der Waals surface area contributed by atoms with Crippen LogP contribution in [0.4, 0.5) is 0 Å². The first-order valence-electron chi connectivity index (χ1n) is 7.17. The molecule has 1 amide bonds. The maximum absolute atomic E-state index is 12.4. The first kappa shape index (κ1) is 14.1. The van der Waals surface area contributed by atoms with E-state index in [-0.39, 0.29) is 11.3 Å². The number of aryl methyl sites for hydroxylation is 1. The Balaban J connectivity index is 1.78. The molecule has 0 heterocycles. The fourth-order valence-corrected chi connectivity index (χ4v) is 2.78. The van der Waals surface area contributed by atoms with Crippen LogP contribution in [0, 0.1) is 5.41 Å². The molecule has 2 N–H and O–H groups in total. The molecule has 1 fully saturated rings. The minimum atomic E-state index is -0.235. The molecule has 19 heavy (non-hydrogen) atoms. The summed E-state index contributed by atoms with van der Waals surface area (Å²) < 4.78 is 0. The molecule has 1 aromatic carbocycles. The SMILES string of the molecule is CN(CCCc1ccccc1)C(=O)C1(CN)CCC1. The molecule has 1 aliphatic rings. The van der Waals surface area contributed by atoms with Crippen molar-refractivity contribution >= 4 is 5.91 Å². The van der Waals surface area contributed by atoms with Crippen LogP contribution in [0.1, 0.15) is 31.2 Å². The van der Waals surface area contributed by atoms with E-state index in [1.54, 1.807) is 0 Å². The van der Waals surface area contributed by atoms with Crippen LogP contribution >= 0.6 is 0 Å². The van der Waals surface area contributed by atoms with E-state index in [1.165, 1.54) is 5.56 Å². The van der Waals surface area contributed by atoms with Gasteiger partial charge in [0.2, 0.25) is 5.91 Å². The third kappa shape index (κ3) is 3.16. The van der Waals surface area contributed by atoms with Gasteiger partial charge < -0.3 is 10.6 Å². The zero-order valence-electron chi connectivity index (χ0n) is 11.8. The number of hydrogen-bond donors (Lipinski definition) is 1. The van der Waals surface area contributed by atoms with Gasteiger partial charge in [-0.2, -0.15) is 0 Å². The summed E-state index contributed by atoms with van der Waals surface area (Å²) in [5.41, 5.74) is 6.88. The Morgan fingerprint density at radius 2 is 2.00 bits per heavy atom. The van der Waals surface area contributed by atoms with Gasteiger partial charge in [0.05, 0.1) is 5.41 Å². The van der Waals surface area contributed by atoms with Crippen LogP contribution in [-0.4, -0.2) is 30.9 Å². The number of nitrogens with zero attached hydrogens (tertiary/aromatic N) is 1. The molecule has 3 nitrogen and oxygen atoms in total. The van der Waals surface area contributed by atoms with Crippen molar-refractivity contribution < 1.29 is 4.79 Å². The Labute approximate surface area is 115 Å². The monoisotopic (exact) mass is 260 g/mol. The van der Waals surface area contributed by atoms with Crippen molar-refractivity contribution in [3.8, 4) is 0 Å². The second-order valence-electron chi connectivity index (χ2n) is 5.65. The molecule has 1 aromatic rings. The van der Waals surface area contributed by atoms with Crippen LogP contribution in [0.2, 0.25) is 0 Å². The standard InChI is InChI=1S/C16H24N2O/c1-18(15(19)16(13-17)10-6-11-16)12-5-9-14-7-3-2-4-8-14/h2-4,7-8H,5-6,9-13,17H2,1H3. The minimum Gasteiger partial charge on any atom is -0.345 e. The van der Waals surface area contributed by atoms with Crippen molar-refractivity contribution in [2.45, 2.75) is 32.1 Å². The number of carbonyl (C=O) groups is 1. The van der Waals surface area contributed by atoms with Crippen molar-refractivity contribution in [3.63, 3.8) is 0 Å². The second kappa shape index (κ2) is 6.20. The molecular formula is C16H24N2O. The highest BCUT2D eigenvalue weighted by Gasteiger charge is 2.44. The minimum absolute atomic E-state index is 0.235. The van der Waals surface area contributed by atoms with E-state index in [2.05, 4.69) is 24.3 Å². The third-order valence-electron chi connectivity index (χ3n) is 4.30. The highest BCUT2D eigenvalue weighted by atomic mass is 16.2. The van der Waals surface area contributed by atoms with Crippen molar-refractivity contribution in [2.75, 3.05) is 20.1 Å². The lowest BCUT2D eigenvalue weighted by molar-refractivity contribution is -0.145. The molecule has 0 bridgehead atoms. The van der Waals surface area contributed by atoms with Gasteiger partial charge in [-0.05, 0) is 31.2 Å². The van der Waals surface area contributed by atoms with Gasteiger partial charge in [0.15, 0.2) is 0 Å². The van der Waals surface area contributed by atoms with Crippen LogP contribution in [-0.2, 0) is 11.2 Å². The fourth-order valence-electron chi connectivity index (χ4n) is 2.78. The summed E-state index contributed by atoms with van der Waals surface area (Å²) in [6.45, 7) is 1.31. The molecule has 0 spiro atoms. The van der Waals surface area contributed by atoms with Crippen LogP contribution in [0.15, 0.2) is 30.3 Å². The molecule has 0 aromatic heterocycles. The van der Waals surface area contributed by atoms with Crippen LogP contribution in [0.25, 0.3) is 0 Å². The lowest BCUT2D eigenvalue weighted by Gasteiger charge is -2.41. The Kier molecular flexibility index (Phi) is 4.59. The highest BCUT2D eigenvalue weighted by Crippen LogP contribution is 2.41. The van der Waals surface area contributed by atoms with E-state index < -0.39 is 0 Å². The van der Waals surface area contributed by atoms with Crippen molar-refractivity contribution in [1.29, 1.82) is 0 Å². The van der Waals surface area contributed by atoms with Crippen molar-refractivity contribution in [2.24, 2.45) is 11.1 Å². The second-order valence-corrected chi connectivity index (χ2v) is 5.65. The van der Waals surface area contributed by atoms with Crippen LogP contribution in [0.5, 0.6) is 0 Å². The molecule has 2 rings (SSSR count). The Morgan fingerprint density at radius 1 is 1.32 bits per heavy atom. The average molecular weight is 260 g/mol. The number of rotatable bonds is 6. The number of amides is 1. The van der Waals surface area contributed by atoms with E-state index in [4.69, 9.17) is 5.73 Å². The largest absolute Gasteiger partial charge is 0.345 e. The average Bonchev–Trinajstić information content (AvgIpc) is 2.39. The van der Waals surface area contributed by atoms with E-state index >= 15 is 0 Å². The summed E-state index contributed by atoms with van der Waals surface area (Å²) >= 11 is 0. The summed E-state index contributed by atoms with van der Waals surface area (Å²) in [6, 6.07) is 10.4. The van der Waals surface area contributed by atoms with Gasteiger partial charge in [0, 0.05) is 20.1 Å². The van der Waals surface area contributed by atoms with E-state index in [0.29, 0.717) is 6.54 Å². The molecule has 1 saturated carbocycles. The van der Waals surface area contributed by atoms with Gasteiger partial charge in [-0.25, -0.2) is 0 Å². The van der Waals surface area contributed by atoms with Gasteiger partial charge >= 0.3 is 0 Å². The molecule has 0 radical (unpaired) electrons. The van der Waals surface area contributed by atoms with Gasteiger partial charge in [-0.3, -0.25) is 4.79 Å². The van der Waals surface area contributed by atoms with Gasteiger partial charge in [0.1, 0.15) is 0 Å². The predicted molar refractivity (Wildman–Crippen MR) is 77.7 cm³/mol. The zero-order valence-corrected chi connectivity index (χ0v) is 11.8. The molecule has 0 aliphatic heterocycles. The first-order valence-corrected chi connectivity index (χ1v) is 7.17. The summed E-state index contributed by atoms with van der Waals surface area (Å²) in [5.74, 6) is 0.245. The molecule has 1 aliphatic carbocycles. The zero-order chi connectivity index (χ0) is 13.7. The lowest BCUT2D eigenvalue weighted by atomic mass is 9.68. The van der Waals surface area contributed by atoms with Crippen molar-refractivity contribution in [1.82, 2.24) is 4.90 Å². The number of nitrogens with two attached hydrogens (primary N) is 1. The van der Waals surface area contributed by atoms with Gasteiger partial charge in [-0.1, -0.05) is 36.8 Å². The van der Waals surface area contributed by atoms with E-state index in [1.807, 2.05) is 18.0 Å². The Bertz CT molecular complexity index is 407. The van der Waals surface area contributed by atoms with Crippen LogP contribution < -0.4 is 5.73 Å². The number of carbonyl (C=O) groups excluding carboxylic acids is 1. The quantitative estimate of drug-likeness (QED) is 0.852. The lowest BCUT2D eigenvalue weighted by Crippen LogP contribution is -2.51. The Hall–Kier alpha value is -1.35. The highest BCUT2D eigenvalue weighted by molar-refractivity contribution is 5.83. The smallest absolute Gasteiger partial charge is 0.229 e. The van der Waals surface area contributed by atoms with Gasteiger partial charge in [0.25, 0.3) is 0 Å². The summed E-state index contributed by atoms with van der Waals surface area (Å²) in [6.07, 6.45) is 5.10. The summed E-state index contributed by atoms with van der Waals surface area (Å²) in [7, 11) is 1.91. The molecule has 0 atom stereocenters. The van der Waals surface area contributed by atoms with Crippen LogP contribution in [0.3, 0.4) is 0 Å². The normalized spacial score (nSPS) is 16.7. The Morgan fingerprint density at radius 3 is 2.53 bits per heavy atom. The maximum atomic E-state index is 12.4. The molecular weight excluding hydrogens is 236 g/mol. The summed E-state index contributed by atoms with van der Waals surface area (Å²) in [5, 5.41) is 0. The van der Waals surface area contributed by atoms with E-state index in [0.717, 1.165) is 38.6 Å². The number of benzene rings is 1. The molecule has 0 saturated heterocycles. The molecule has 0 unspecified atom stereocenters. The summed E-state index contributed by atoms with van der Waals surface area (Å²) in [4.78, 5) is 14.2. The molecule has 104 valence electrons. The maximum Gasteiger partial charge on any atom is 0.229 e. The first-order chi connectivity index (χ1) is 9.18. The van der Waals surface area contributed by atoms with Gasteiger partial charge in [-0.15, -0.1) is 0 Å². The van der Waals surface area contributed by atoms with Crippen molar-refractivity contribution in [3.05, 3.63) is 35.9 Å². The third-order valence-corrected chi connectivity index (χ3v) is 4.30. The topological polar surface area (TPSA) is 46.3 Å². The molecule has 3 heteroatoms. The fraction of sp³-hybridized carbons (Fsp3) is 0.562. The van der Waals surface area contributed by atoms with E-state index in [9.17, 15) is 4.79 Å². The number of hydrogen-bond acceptors (Lipinski definition) is 2. The predicted octanol–water partition coefficient (Wildman–Crippen LogP) is 2.21.